The van der Waals surface area contributed by atoms with Crippen LogP contribution in [0.2, 0.25) is 0 Å². The summed E-state index contributed by atoms with van der Waals surface area (Å²) in [6, 6.07) is 3.56. The first-order chi connectivity index (χ1) is 5.24. The predicted octanol–water partition coefficient (Wildman–Crippen LogP) is 0.836. The van der Waals surface area contributed by atoms with Gasteiger partial charge in [-0.3, -0.25) is 4.98 Å². The van der Waals surface area contributed by atoms with Gasteiger partial charge >= 0.3 is 0 Å². The van der Waals surface area contributed by atoms with E-state index in [1.54, 1.807) is 12.3 Å². The van der Waals surface area contributed by atoms with Crippen LogP contribution in [-0.2, 0) is 0 Å². The van der Waals surface area contributed by atoms with Crippen LogP contribution in [0.15, 0.2) is 22.8 Å². The zero-order valence-electron chi connectivity index (χ0n) is 5.87. The minimum Gasteiger partial charge on any atom is -0.385 e. The van der Waals surface area contributed by atoms with E-state index < -0.39 is 6.10 Å². The van der Waals surface area contributed by atoms with E-state index in [2.05, 4.69) is 20.9 Å². The van der Waals surface area contributed by atoms with E-state index in [4.69, 9.17) is 5.73 Å². The summed E-state index contributed by atoms with van der Waals surface area (Å²) in [5.74, 6) is 0. The molecule has 1 heterocycles. The van der Waals surface area contributed by atoms with Crippen LogP contribution in [0, 0.1) is 0 Å². The standard InChI is InChI=1S/C7H9BrN2O/c8-5-1-2-6(10-4-5)7(11)3-9/h1-2,4,7,11H,3,9H2. The maximum atomic E-state index is 9.22. The molecule has 0 spiro atoms. The number of nitrogens with two attached hydrogens (primary N) is 1. The summed E-state index contributed by atoms with van der Waals surface area (Å²) in [5, 5.41) is 9.22. The third-order valence-corrected chi connectivity index (χ3v) is 1.78. The van der Waals surface area contributed by atoms with Gasteiger partial charge in [0, 0.05) is 17.2 Å². The van der Waals surface area contributed by atoms with Crippen molar-refractivity contribution in [3.63, 3.8) is 0 Å². The molecule has 1 aromatic heterocycles. The lowest BCUT2D eigenvalue weighted by atomic mass is 10.2. The molecule has 1 atom stereocenters. The molecule has 0 aliphatic heterocycles. The van der Waals surface area contributed by atoms with E-state index in [1.165, 1.54) is 0 Å². The third kappa shape index (κ3) is 2.25. The van der Waals surface area contributed by atoms with Crippen molar-refractivity contribution in [2.75, 3.05) is 6.54 Å². The highest BCUT2D eigenvalue weighted by Gasteiger charge is 2.04. The number of halogens is 1. The molecule has 60 valence electrons. The van der Waals surface area contributed by atoms with E-state index in [0.717, 1.165) is 4.47 Å². The molecule has 0 amide bonds. The number of aromatic nitrogens is 1. The van der Waals surface area contributed by atoms with Crippen LogP contribution < -0.4 is 5.73 Å². The van der Waals surface area contributed by atoms with Crippen molar-refractivity contribution in [3.8, 4) is 0 Å². The molecule has 1 unspecified atom stereocenters. The van der Waals surface area contributed by atoms with Crippen molar-refractivity contribution >= 4 is 15.9 Å². The number of aliphatic hydroxyl groups is 1. The van der Waals surface area contributed by atoms with E-state index in [0.29, 0.717) is 5.69 Å². The predicted molar refractivity (Wildman–Crippen MR) is 46.0 cm³/mol. The Balaban J connectivity index is 2.81. The molecule has 3 nitrogen and oxygen atoms in total. The molecule has 0 fully saturated rings. The van der Waals surface area contributed by atoms with Gasteiger partial charge in [-0.1, -0.05) is 0 Å². The van der Waals surface area contributed by atoms with Crippen LogP contribution in [0.25, 0.3) is 0 Å². The summed E-state index contributed by atoms with van der Waals surface area (Å²) in [6.07, 6.45) is 0.983. The Kier molecular flexibility index (Phi) is 2.99. The second-order valence-corrected chi connectivity index (χ2v) is 3.07. The molecular formula is C7H9BrN2O. The maximum Gasteiger partial charge on any atom is 0.108 e. The Morgan fingerprint density at radius 3 is 2.82 bits per heavy atom. The molecule has 1 aromatic rings. The Bertz CT molecular complexity index is 224. The van der Waals surface area contributed by atoms with Crippen LogP contribution in [0.3, 0.4) is 0 Å². The smallest absolute Gasteiger partial charge is 0.108 e. The second-order valence-electron chi connectivity index (χ2n) is 2.15. The largest absolute Gasteiger partial charge is 0.385 e. The Hall–Kier alpha value is -0.450. The number of hydrogen-bond donors (Lipinski definition) is 2. The third-order valence-electron chi connectivity index (χ3n) is 1.31. The van der Waals surface area contributed by atoms with Crippen molar-refractivity contribution in [1.82, 2.24) is 4.98 Å². The fourth-order valence-electron chi connectivity index (χ4n) is 0.705. The number of pyridine rings is 1. The van der Waals surface area contributed by atoms with Crippen molar-refractivity contribution in [3.05, 3.63) is 28.5 Å². The first kappa shape index (κ1) is 8.64. The lowest BCUT2D eigenvalue weighted by Gasteiger charge is -2.05. The molecular weight excluding hydrogens is 208 g/mol. The number of aliphatic hydroxyl groups excluding tert-OH is 1. The lowest BCUT2D eigenvalue weighted by Crippen LogP contribution is -2.12. The van der Waals surface area contributed by atoms with E-state index in [-0.39, 0.29) is 6.54 Å². The average molecular weight is 217 g/mol. The van der Waals surface area contributed by atoms with Gasteiger partial charge in [0.25, 0.3) is 0 Å². The van der Waals surface area contributed by atoms with E-state index in [1.807, 2.05) is 6.07 Å². The van der Waals surface area contributed by atoms with Gasteiger partial charge in [0.05, 0.1) is 5.69 Å². The summed E-state index contributed by atoms with van der Waals surface area (Å²) in [4.78, 5) is 3.97. The molecule has 0 bridgehead atoms. The summed E-state index contributed by atoms with van der Waals surface area (Å²) >= 11 is 3.24. The van der Waals surface area contributed by atoms with Crippen LogP contribution in [0.4, 0.5) is 0 Å². The van der Waals surface area contributed by atoms with Gasteiger partial charge in [-0.2, -0.15) is 0 Å². The highest BCUT2D eigenvalue weighted by Crippen LogP contribution is 2.12. The van der Waals surface area contributed by atoms with Gasteiger partial charge in [-0.15, -0.1) is 0 Å². The van der Waals surface area contributed by atoms with E-state index >= 15 is 0 Å². The van der Waals surface area contributed by atoms with Gasteiger partial charge in [0.1, 0.15) is 6.10 Å². The second kappa shape index (κ2) is 3.80. The molecule has 1 rings (SSSR count). The Morgan fingerprint density at radius 2 is 2.36 bits per heavy atom. The maximum absolute atomic E-state index is 9.22. The lowest BCUT2D eigenvalue weighted by molar-refractivity contribution is 0.182. The summed E-state index contributed by atoms with van der Waals surface area (Å²) < 4.78 is 0.894. The Labute approximate surface area is 73.4 Å². The molecule has 0 aromatic carbocycles. The first-order valence-corrected chi connectivity index (χ1v) is 4.03. The van der Waals surface area contributed by atoms with Crippen LogP contribution >= 0.6 is 15.9 Å². The average Bonchev–Trinajstić information content (AvgIpc) is 2.05. The van der Waals surface area contributed by atoms with Gasteiger partial charge in [0.2, 0.25) is 0 Å². The van der Waals surface area contributed by atoms with Gasteiger partial charge in [-0.05, 0) is 28.1 Å². The summed E-state index contributed by atoms with van der Waals surface area (Å²) in [7, 11) is 0. The van der Waals surface area contributed by atoms with Crippen molar-refractivity contribution in [2.45, 2.75) is 6.10 Å². The van der Waals surface area contributed by atoms with E-state index in [9.17, 15) is 5.11 Å². The van der Waals surface area contributed by atoms with Crippen molar-refractivity contribution in [2.24, 2.45) is 5.73 Å². The highest BCUT2D eigenvalue weighted by molar-refractivity contribution is 9.10. The fourth-order valence-corrected chi connectivity index (χ4v) is 0.940. The molecule has 0 saturated carbocycles. The first-order valence-electron chi connectivity index (χ1n) is 3.23. The van der Waals surface area contributed by atoms with Crippen LogP contribution in [0.5, 0.6) is 0 Å². The minimum absolute atomic E-state index is 0.203. The van der Waals surface area contributed by atoms with Gasteiger partial charge in [-0.25, -0.2) is 0 Å². The summed E-state index contributed by atoms with van der Waals surface area (Å²) in [5.41, 5.74) is 5.85. The highest BCUT2D eigenvalue weighted by atomic mass is 79.9. The number of nitrogens with zero attached hydrogens (tertiary/aromatic N) is 1. The zero-order chi connectivity index (χ0) is 8.27. The number of hydrogen-bond acceptors (Lipinski definition) is 3. The molecule has 0 aliphatic rings. The van der Waals surface area contributed by atoms with Crippen molar-refractivity contribution < 1.29 is 5.11 Å². The summed E-state index contributed by atoms with van der Waals surface area (Å²) in [6.45, 7) is 0.203. The molecule has 0 radical (unpaired) electrons. The molecule has 0 saturated heterocycles. The molecule has 3 N–H and O–H groups in total. The fraction of sp³-hybridized carbons (Fsp3) is 0.286. The van der Waals surface area contributed by atoms with Crippen LogP contribution in [-0.4, -0.2) is 16.6 Å². The van der Waals surface area contributed by atoms with Gasteiger partial charge < -0.3 is 10.8 Å². The quantitative estimate of drug-likeness (QED) is 0.771. The van der Waals surface area contributed by atoms with Crippen molar-refractivity contribution in [1.29, 1.82) is 0 Å². The topological polar surface area (TPSA) is 59.1 Å². The number of rotatable bonds is 2. The monoisotopic (exact) mass is 216 g/mol. The minimum atomic E-state index is -0.650. The Morgan fingerprint density at radius 1 is 1.64 bits per heavy atom. The van der Waals surface area contributed by atoms with Gasteiger partial charge in [0.15, 0.2) is 0 Å². The van der Waals surface area contributed by atoms with Crippen LogP contribution in [0.1, 0.15) is 11.8 Å². The SMILES string of the molecule is NCC(O)c1ccc(Br)cn1. The molecule has 4 heteroatoms. The molecule has 11 heavy (non-hydrogen) atoms. The zero-order valence-corrected chi connectivity index (χ0v) is 7.45. The normalized spacial score (nSPS) is 13.0. The molecule has 0 aliphatic carbocycles.